The number of nitrogens with zero attached hydrogens (tertiary/aromatic N) is 1. The predicted molar refractivity (Wildman–Crippen MR) is 129 cm³/mol. The highest BCUT2D eigenvalue weighted by Gasteiger charge is 2.51. The van der Waals surface area contributed by atoms with Crippen molar-refractivity contribution in [3.63, 3.8) is 0 Å². The number of halogens is 3. The van der Waals surface area contributed by atoms with Gasteiger partial charge in [0.1, 0.15) is 6.10 Å². The van der Waals surface area contributed by atoms with Crippen molar-refractivity contribution in [2.45, 2.75) is 72.6 Å². The molecule has 2 aliphatic rings. The quantitative estimate of drug-likeness (QED) is 0.297. The lowest BCUT2D eigenvalue weighted by Gasteiger charge is -2.22. The SMILES string of the molecule is CC(C)C(C)OC(=O)CC[C@H](C)[C@H]1CC1[C@@]1(C)C#CCC=C(c2cccc(C(F)(F)F)c2)N=C1. The maximum Gasteiger partial charge on any atom is 0.416 e. The fourth-order valence-electron chi connectivity index (χ4n) is 4.41. The molecule has 2 unspecified atom stereocenters. The average Bonchev–Trinajstić information content (AvgIpc) is 3.56. The van der Waals surface area contributed by atoms with E-state index in [-0.39, 0.29) is 12.1 Å². The van der Waals surface area contributed by atoms with Crippen molar-refractivity contribution in [3.8, 4) is 11.8 Å². The first kappa shape index (κ1) is 26.1. The van der Waals surface area contributed by atoms with Crippen molar-refractivity contribution in [1.82, 2.24) is 0 Å². The molecule has 34 heavy (non-hydrogen) atoms. The summed E-state index contributed by atoms with van der Waals surface area (Å²) in [5, 5.41) is 0. The Bertz CT molecular complexity index is 1010. The molecule has 1 heterocycles. The minimum Gasteiger partial charge on any atom is -0.462 e. The first-order valence-corrected chi connectivity index (χ1v) is 12.0. The van der Waals surface area contributed by atoms with Crippen LogP contribution in [0.15, 0.2) is 35.3 Å². The molecule has 1 fully saturated rings. The Balaban J connectivity index is 1.64. The van der Waals surface area contributed by atoms with Gasteiger partial charge in [-0.3, -0.25) is 9.79 Å². The van der Waals surface area contributed by atoms with Crippen molar-refractivity contribution >= 4 is 17.9 Å². The highest BCUT2D eigenvalue weighted by molar-refractivity contribution is 5.80. The van der Waals surface area contributed by atoms with Gasteiger partial charge in [0.05, 0.1) is 16.7 Å². The number of hydrogen-bond donors (Lipinski definition) is 0. The molecular weight excluding hydrogens is 439 g/mol. The Morgan fingerprint density at radius 3 is 2.68 bits per heavy atom. The summed E-state index contributed by atoms with van der Waals surface area (Å²) < 4.78 is 44.9. The van der Waals surface area contributed by atoms with Crippen molar-refractivity contribution in [3.05, 3.63) is 41.5 Å². The summed E-state index contributed by atoms with van der Waals surface area (Å²) >= 11 is 0. The van der Waals surface area contributed by atoms with Crippen molar-refractivity contribution in [2.75, 3.05) is 0 Å². The first-order valence-electron chi connectivity index (χ1n) is 12.0. The van der Waals surface area contributed by atoms with Crippen LogP contribution in [0, 0.1) is 40.9 Å². The minimum atomic E-state index is -4.40. The molecule has 0 saturated heterocycles. The van der Waals surface area contributed by atoms with Gasteiger partial charge >= 0.3 is 12.1 Å². The van der Waals surface area contributed by atoms with Crippen molar-refractivity contribution in [1.29, 1.82) is 0 Å². The van der Waals surface area contributed by atoms with Gasteiger partial charge in [-0.25, -0.2) is 0 Å². The number of rotatable bonds is 8. The minimum absolute atomic E-state index is 0.0872. The second-order valence-corrected chi connectivity index (χ2v) is 10.2. The van der Waals surface area contributed by atoms with Crippen LogP contribution in [0.4, 0.5) is 13.2 Å². The lowest BCUT2D eigenvalue weighted by molar-refractivity contribution is -0.150. The fraction of sp³-hybridized carbons (Fsp3) is 0.571. The van der Waals surface area contributed by atoms with E-state index < -0.39 is 17.2 Å². The lowest BCUT2D eigenvalue weighted by Crippen LogP contribution is -2.22. The van der Waals surface area contributed by atoms with E-state index in [2.05, 4.69) is 30.7 Å². The van der Waals surface area contributed by atoms with E-state index in [9.17, 15) is 18.0 Å². The zero-order valence-corrected chi connectivity index (χ0v) is 20.6. The highest BCUT2D eigenvalue weighted by Crippen LogP contribution is 2.55. The highest BCUT2D eigenvalue weighted by atomic mass is 19.4. The molecule has 0 N–H and O–H groups in total. The number of benzene rings is 1. The standard InChI is InChI=1S/C28H34F3NO2/c1-18(2)20(4)34-26(33)13-12-19(3)23-16-24(23)27(5)14-7-6-11-25(32-17-27)21-9-8-10-22(15-21)28(29,30)31/h8-11,15,17-20,23-24H,6,12-13,16H2,1-5H3/t19-,20?,23+,24?,27-/m0/s1. The molecule has 5 atom stereocenters. The smallest absolute Gasteiger partial charge is 0.416 e. The first-order chi connectivity index (χ1) is 15.9. The fourth-order valence-corrected chi connectivity index (χ4v) is 4.41. The summed E-state index contributed by atoms with van der Waals surface area (Å²) in [5.41, 5.74) is -0.188. The molecule has 3 nitrogen and oxygen atoms in total. The molecule has 1 aromatic rings. The summed E-state index contributed by atoms with van der Waals surface area (Å²) in [5.74, 6) is 7.74. The number of allylic oxidation sites excluding steroid dienone is 1. The Morgan fingerprint density at radius 2 is 2.00 bits per heavy atom. The third kappa shape index (κ3) is 6.52. The van der Waals surface area contributed by atoms with E-state index in [1.807, 2.05) is 20.8 Å². The van der Waals surface area contributed by atoms with Gasteiger partial charge in [-0.2, -0.15) is 13.2 Å². The molecule has 0 amide bonds. The number of esters is 1. The maximum absolute atomic E-state index is 13.1. The van der Waals surface area contributed by atoms with E-state index in [4.69, 9.17) is 4.74 Å². The topological polar surface area (TPSA) is 38.7 Å². The summed E-state index contributed by atoms with van der Waals surface area (Å²) in [6.07, 6.45) is 1.70. The van der Waals surface area contributed by atoms with Gasteiger partial charge in [0.25, 0.3) is 0 Å². The molecule has 0 radical (unpaired) electrons. The number of hydrogen-bond acceptors (Lipinski definition) is 3. The number of carbonyl (C=O) groups is 1. The van der Waals surface area contributed by atoms with Crippen molar-refractivity contribution in [2.24, 2.45) is 34.1 Å². The van der Waals surface area contributed by atoms with Gasteiger partial charge < -0.3 is 4.74 Å². The van der Waals surface area contributed by atoms with Crippen LogP contribution in [-0.4, -0.2) is 18.3 Å². The molecule has 0 aromatic heterocycles. The van der Waals surface area contributed by atoms with E-state index in [0.717, 1.165) is 25.0 Å². The van der Waals surface area contributed by atoms with Crippen LogP contribution in [0.1, 0.15) is 71.4 Å². The van der Waals surface area contributed by atoms with Crippen LogP contribution in [0.25, 0.3) is 5.70 Å². The molecule has 0 spiro atoms. The molecule has 3 rings (SSSR count). The molecule has 1 aromatic carbocycles. The van der Waals surface area contributed by atoms with Crippen LogP contribution in [0.5, 0.6) is 0 Å². The summed E-state index contributed by atoms with van der Waals surface area (Å²) in [7, 11) is 0. The van der Waals surface area contributed by atoms with E-state index in [1.165, 1.54) is 6.07 Å². The normalized spacial score (nSPS) is 26.0. The van der Waals surface area contributed by atoms with Gasteiger partial charge in [0.2, 0.25) is 0 Å². The second-order valence-electron chi connectivity index (χ2n) is 10.2. The van der Waals surface area contributed by atoms with E-state index >= 15 is 0 Å². The van der Waals surface area contributed by atoms with Gasteiger partial charge in [0, 0.05) is 24.6 Å². The predicted octanol–water partition coefficient (Wildman–Crippen LogP) is 7.17. The molecular formula is C28H34F3NO2. The molecule has 6 heteroatoms. The zero-order valence-electron chi connectivity index (χ0n) is 20.6. The number of carbonyl (C=O) groups excluding carboxylic acids is 1. The molecule has 1 aliphatic heterocycles. The summed E-state index contributed by atoms with van der Waals surface area (Å²) in [6.45, 7) is 10.2. The average molecular weight is 474 g/mol. The van der Waals surface area contributed by atoms with Crippen LogP contribution in [0.2, 0.25) is 0 Å². The lowest BCUT2D eigenvalue weighted by atomic mass is 9.82. The third-order valence-corrected chi connectivity index (χ3v) is 7.11. The van der Waals surface area contributed by atoms with E-state index in [0.29, 0.717) is 47.8 Å². The Morgan fingerprint density at radius 1 is 1.26 bits per heavy atom. The number of aliphatic imine (C=N–C) groups is 1. The second kappa shape index (κ2) is 10.4. The third-order valence-electron chi connectivity index (χ3n) is 7.11. The van der Waals surface area contributed by atoms with Crippen LogP contribution >= 0.6 is 0 Å². The van der Waals surface area contributed by atoms with Gasteiger partial charge in [-0.05, 0) is 68.6 Å². The zero-order chi connectivity index (χ0) is 25.1. The molecule has 0 bridgehead atoms. The van der Waals surface area contributed by atoms with Crippen molar-refractivity contribution < 1.29 is 22.7 Å². The molecule has 1 saturated carbocycles. The molecule has 184 valence electrons. The Hall–Kier alpha value is -2.55. The summed E-state index contributed by atoms with van der Waals surface area (Å²) in [6, 6.07) is 5.25. The summed E-state index contributed by atoms with van der Waals surface area (Å²) in [4.78, 5) is 16.7. The molecule has 1 aliphatic carbocycles. The maximum atomic E-state index is 13.1. The van der Waals surface area contributed by atoms with Crippen LogP contribution in [0.3, 0.4) is 0 Å². The number of ether oxygens (including phenoxy) is 1. The Labute approximate surface area is 200 Å². The largest absolute Gasteiger partial charge is 0.462 e. The van der Waals surface area contributed by atoms with E-state index in [1.54, 1.807) is 18.4 Å². The monoisotopic (exact) mass is 473 g/mol. The van der Waals surface area contributed by atoms with Gasteiger partial charge in [-0.1, -0.05) is 44.7 Å². The number of alkyl halides is 3. The van der Waals surface area contributed by atoms with Gasteiger partial charge in [-0.15, -0.1) is 0 Å². The van der Waals surface area contributed by atoms with Crippen LogP contribution in [-0.2, 0) is 15.7 Å². The Kier molecular flexibility index (Phi) is 7.95. The van der Waals surface area contributed by atoms with Gasteiger partial charge in [0.15, 0.2) is 0 Å². The van der Waals surface area contributed by atoms with Crippen LogP contribution < -0.4 is 0 Å².